The van der Waals surface area contributed by atoms with Crippen LogP contribution in [0.5, 0.6) is 0 Å². The van der Waals surface area contributed by atoms with Crippen molar-refractivity contribution in [1.29, 1.82) is 0 Å². The SMILES string of the molecule is CC(=O)c1sc(N2CC3CCCC3C2)cc1N. The van der Waals surface area contributed by atoms with Crippen LogP contribution in [0.3, 0.4) is 0 Å². The van der Waals surface area contributed by atoms with E-state index >= 15 is 0 Å². The summed E-state index contributed by atoms with van der Waals surface area (Å²) in [4.78, 5) is 14.5. The van der Waals surface area contributed by atoms with Gasteiger partial charge in [0.2, 0.25) is 0 Å². The van der Waals surface area contributed by atoms with Crippen LogP contribution >= 0.6 is 11.3 Å². The van der Waals surface area contributed by atoms with Gasteiger partial charge in [0.05, 0.1) is 15.6 Å². The number of hydrogen-bond donors (Lipinski definition) is 1. The monoisotopic (exact) mass is 250 g/mol. The predicted octanol–water partition coefficient (Wildman–Crippen LogP) is 2.77. The van der Waals surface area contributed by atoms with Gasteiger partial charge in [-0.15, -0.1) is 11.3 Å². The molecule has 1 aliphatic heterocycles. The molecule has 1 aromatic rings. The van der Waals surface area contributed by atoms with E-state index in [0.717, 1.165) is 29.8 Å². The van der Waals surface area contributed by atoms with Gasteiger partial charge in [-0.25, -0.2) is 0 Å². The lowest BCUT2D eigenvalue weighted by molar-refractivity contribution is 0.102. The molecule has 17 heavy (non-hydrogen) atoms. The molecule has 4 heteroatoms. The second-order valence-electron chi connectivity index (χ2n) is 5.28. The molecule has 2 N–H and O–H groups in total. The fraction of sp³-hybridized carbons (Fsp3) is 0.615. The maximum absolute atomic E-state index is 11.4. The van der Waals surface area contributed by atoms with Gasteiger partial charge in [0.25, 0.3) is 0 Å². The molecule has 0 amide bonds. The molecule has 2 aliphatic rings. The van der Waals surface area contributed by atoms with Crippen LogP contribution in [0.4, 0.5) is 10.7 Å². The molecule has 0 aromatic carbocycles. The largest absolute Gasteiger partial charge is 0.397 e. The molecular weight excluding hydrogens is 232 g/mol. The number of carbonyl (C=O) groups is 1. The highest BCUT2D eigenvalue weighted by Crippen LogP contribution is 2.42. The van der Waals surface area contributed by atoms with Gasteiger partial charge in [-0.2, -0.15) is 0 Å². The summed E-state index contributed by atoms with van der Waals surface area (Å²) in [5.74, 6) is 1.83. The normalized spacial score (nSPS) is 27.5. The number of fused-ring (bicyclic) bond motifs is 1. The van der Waals surface area contributed by atoms with E-state index in [9.17, 15) is 4.79 Å². The summed E-state index contributed by atoms with van der Waals surface area (Å²) < 4.78 is 0. The van der Waals surface area contributed by atoms with E-state index in [-0.39, 0.29) is 5.78 Å². The van der Waals surface area contributed by atoms with Crippen molar-refractivity contribution in [1.82, 2.24) is 0 Å². The topological polar surface area (TPSA) is 46.3 Å². The number of nitrogen functional groups attached to an aromatic ring is 1. The number of nitrogens with two attached hydrogens (primary N) is 1. The maximum Gasteiger partial charge on any atom is 0.171 e. The number of rotatable bonds is 2. The fourth-order valence-electron chi connectivity index (χ4n) is 3.24. The summed E-state index contributed by atoms with van der Waals surface area (Å²) in [5, 5.41) is 1.18. The number of Topliss-reactive ketones (excluding diaryl/α,β-unsaturated/α-hetero) is 1. The molecule has 2 fully saturated rings. The summed E-state index contributed by atoms with van der Waals surface area (Å²) in [7, 11) is 0. The highest BCUT2D eigenvalue weighted by molar-refractivity contribution is 7.18. The molecule has 1 aromatic heterocycles. The second kappa shape index (κ2) is 4.02. The third kappa shape index (κ3) is 1.84. The van der Waals surface area contributed by atoms with Gasteiger partial charge in [-0.3, -0.25) is 4.79 Å². The molecule has 1 saturated carbocycles. The first kappa shape index (κ1) is 11.1. The van der Waals surface area contributed by atoms with Gasteiger partial charge < -0.3 is 10.6 Å². The Bertz CT molecular complexity index is 442. The van der Waals surface area contributed by atoms with Crippen LogP contribution in [0.1, 0.15) is 35.9 Å². The first-order chi connectivity index (χ1) is 8.15. The highest BCUT2D eigenvalue weighted by Gasteiger charge is 2.36. The minimum Gasteiger partial charge on any atom is -0.397 e. The zero-order valence-electron chi connectivity index (χ0n) is 10.1. The second-order valence-corrected chi connectivity index (χ2v) is 6.31. The van der Waals surface area contributed by atoms with E-state index in [2.05, 4.69) is 4.90 Å². The van der Waals surface area contributed by atoms with Gasteiger partial charge in [0, 0.05) is 20.0 Å². The van der Waals surface area contributed by atoms with Crippen molar-refractivity contribution < 1.29 is 4.79 Å². The third-order valence-corrected chi connectivity index (χ3v) is 5.42. The zero-order valence-corrected chi connectivity index (χ0v) is 10.9. The minimum atomic E-state index is 0.0816. The lowest BCUT2D eigenvalue weighted by atomic mass is 10.0. The van der Waals surface area contributed by atoms with Crippen LogP contribution in [-0.4, -0.2) is 18.9 Å². The van der Waals surface area contributed by atoms with Crippen molar-refractivity contribution in [3.8, 4) is 0 Å². The molecule has 3 rings (SSSR count). The molecule has 0 spiro atoms. The summed E-state index contributed by atoms with van der Waals surface area (Å²) in [6.45, 7) is 3.90. The van der Waals surface area contributed by atoms with Gasteiger partial charge in [-0.1, -0.05) is 6.42 Å². The lowest BCUT2D eigenvalue weighted by Gasteiger charge is -2.16. The Kier molecular flexibility index (Phi) is 2.62. The van der Waals surface area contributed by atoms with Crippen LogP contribution < -0.4 is 10.6 Å². The highest BCUT2D eigenvalue weighted by atomic mass is 32.1. The van der Waals surface area contributed by atoms with E-state index in [0.29, 0.717) is 5.69 Å². The molecular formula is C13H18N2OS. The van der Waals surface area contributed by atoms with E-state index in [4.69, 9.17) is 5.73 Å². The molecule has 0 bridgehead atoms. The average molecular weight is 250 g/mol. The number of nitrogens with zero attached hydrogens (tertiary/aromatic N) is 1. The quantitative estimate of drug-likeness (QED) is 0.821. The minimum absolute atomic E-state index is 0.0816. The molecule has 1 saturated heterocycles. The maximum atomic E-state index is 11.4. The van der Waals surface area contributed by atoms with Gasteiger partial charge in [0.15, 0.2) is 5.78 Å². The van der Waals surface area contributed by atoms with Crippen LogP contribution in [0.15, 0.2) is 6.07 Å². The summed E-state index contributed by atoms with van der Waals surface area (Å²) in [5.41, 5.74) is 6.54. The Morgan fingerprint density at radius 1 is 1.41 bits per heavy atom. The molecule has 92 valence electrons. The number of carbonyl (C=O) groups excluding carboxylic acids is 1. The van der Waals surface area contributed by atoms with Crippen molar-refractivity contribution in [2.75, 3.05) is 23.7 Å². The van der Waals surface area contributed by atoms with Gasteiger partial charge >= 0.3 is 0 Å². The Labute approximate surface area is 106 Å². The summed E-state index contributed by atoms with van der Waals surface area (Å²) in [6, 6.07) is 1.97. The van der Waals surface area contributed by atoms with Crippen LogP contribution in [0.2, 0.25) is 0 Å². The molecule has 0 radical (unpaired) electrons. The smallest absolute Gasteiger partial charge is 0.171 e. The van der Waals surface area contributed by atoms with Crippen molar-refractivity contribution in [3.05, 3.63) is 10.9 Å². The molecule has 2 unspecified atom stereocenters. The zero-order chi connectivity index (χ0) is 12.0. The number of thiophene rings is 1. The Morgan fingerprint density at radius 3 is 2.59 bits per heavy atom. The van der Waals surface area contributed by atoms with E-state index in [1.54, 1.807) is 18.3 Å². The standard InChI is InChI=1S/C13H18N2OS/c1-8(16)13-11(14)5-12(17-13)15-6-9-3-2-4-10(9)7-15/h5,9-10H,2-4,6-7,14H2,1H3. The summed E-state index contributed by atoms with van der Waals surface area (Å²) >= 11 is 1.55. The number of ketones is 1. The fourth-order valence-corrected chi connectivity index (χ4v) is 4.23. The van der Waals surface area contributed by atoms with Crippen molar-refractivity contribution >= 4 is 27.8 Å². The average Bonchev–Trinajstić information content (AvgIpc) is 2.88. The molecule has 1 aliphatic carbocycles. The third-order valence-electron chi connectivity index (χ3n) is 4.11. The van der Waals surface area contributed by atoms with E-state index in [1.165, 1.54) is 24.3 Å². The van der Waals surface area contributed by atoms with Crippen LogP contribution in [0, 0.1) is 11.8 Å². The predicted molar refractivity (Wildman–Crippen MR) is 71.8 cm³/mol. The first-order valence-electron chi connectivity index (χ1n) is 6.30. The Morgan fingerprint density at radius 2 is 2.06 bits per heavy atom. The molecule has 2 atom stereocenters. The molecule has 2 heterocycles. The van der Waals surface area contributed by atoms with Crippen molar-refractivity contribution in [2.24, 2.45) is 11.8 Å². The van der Waals surface area contributed by atoms with E-state index < -0.39 is 0 Å². The van der Waals surface area contributed by atoms with E-state index in [1.807, 2.05) is 6.07 Å². The summed E-state index contributed by atoms with van der Waals surface area (Å²) in [6.07, 6.45) is 4.15. The van der Waals surface area contributed by atoms with Crippen molar-refractivity contribution in [3.63, 3.8) is 0 Å². The van der Waals surface area contributed by atoms with Gasteiger partial charge in [-0.05, 0) is 30.7 Å². The number of hydrogen-bond acceptors (Lipinski definition) is 4. The first-order valence-corrected chi connectivity index (χ1v) is 7.12. The number of anilines is 2. The van der Waals surface area contributed by atoms with Crippen LogP contribution in [-0.2, 0) is 0 Å². The lowest BCUT2D eigenvalue weighted by Crippen LogP contribution is -2.19. The van der Waals surface area contributed by atoms with Gasteiger partial charge in [0.1, 0.15) is 0 Å². The Balaban J connectivity index is 1.81. The Hall–Kier alpha value is -1.03. The van der Waals surface area contributed by atoms with Crippen LogP contribution in [0.25, 0.3) is 0 Å². The van der Waals surface area contributed by atoms with Crippen molar-refractivity contribution in [2.45, 2.75) is 26.2 Å². The molecule has 3 nitrogen and oxygen atoms in total.